The predicted octanol–water partition coefficient (Wildman–Crippen LogP) is 7.67. The van der Waals surface area contributed by atoms with Crippen LogP contribution in [0.25, 0.3) is 0 Å². The van der Waals surface area contributed by atoms with E-state index in [0.29, 0.717) is 0 Å². The maximum atomic E-state index is 14.5. The molecule has 0 aromatic carbocycles. The molecule has 0 aliphatic carbocycles. The first-order valence-electron chi connectivity index (χ1n) is 8.47. The molecule has 0 saturated carbocycles. The van der Waals surface area contributed by atoms with Gasteiger partial charge in [-0.15, -0.1) is 13.2 Å². The van der Waals surface area contributed by atoms with Crippen LogP contribution in [0.3, 0.4) is 0 Å². The molecule has 1 fully saturated rings. The second-order valence-corrected chi connectivity index (χ2v) is 7.72. The van der Waals surface area contributed by atoms with E-state index in [2.05, 4.69) is 4.74 Å². The summed E-state index contributed by atoms with van der Waals surface area (Å²) in [5.74, 6) is -56.5. The Morgan fingerprint density at radius 2 is 0.842 bits per heavy atom. The Morgan fingerprint density at radius 1 is 0.526 bits per heavy atom. The summed E-state index contributed by atoms with van der Waals surface area (Å²) in [6, 6.07) is 0. The highest BCUT2D eigenvalue weighted by Gasteiger charge is 3.05. The maximum Gasteiger partial charge on any atom is 0.525 e. The Balaban J connectivity index is 4.30. The summed E-state index contributed by atoms with van der Waals surface area (Å²) in [7, 11) is 0. The zero-order valence-electron chi connectivity index (χ0n) is 17.1. The highest BCUT2D eigenvalue weighted by atomic mass is 19.4. The monoisotopic (exact) mass is 624 g/mol. The van der Waals surface area contributed by atoms with Crippen molar-refractivity contribution in [1.82, 2.24) is 0 Å². The van der Waals surface area contributed by atoms with Crippen LogP contribution < -0.4 is 0 Å². The Hall–Kier alpha value is -1.62. The third-order valence-electron chi connectivity index (χ3n) is 5.25. The quantitative estimate of drug-likeness (QED) is 0.283. The Kier molecular flexibility index (Phi) is 7.23. The second-order valence-electron chi connectivity index (χ2n) is 7.72. The van der Waals surface area contributed by atoms with Crippen molar-refractivity contribution >= 4 is 0 Å². The summed E-state index contributed by atoms with van der Waals surface area (Å²) in [6.45, 7) is -3.30. The predicted molar refractivity (Wildman–Crippen MR) is 70.7 cm³/mol. The van der Waals surface area contributed by atoms with Crippen LogP contribution in [0.5, 0.6) is 0 Å². The molecule has 1 aliphatic rings. The van der Waals surface area contributed by atoms with E-state index in [1.165, 1.54) is 0 Å². The largest absolute Gasteiger partial charge is 0.525 e. The molecule has 0 N–H and O–H groups in total. The fourth-order valence-electron chi connectivity index (χ4n) is 3.20. The van der Waals surface area contributed by atoms with Crippen LogP contribution >= 0.6 is 0 Å². The number of halogens is 22. The average molecular weight is 624 g/mol. The fraction of sp³-hybridized carbons (Fsp3) is 1.00. The topological polar surface area (TPSA) is 18.5 Å². The number of ether oxygens (including phenoxy) is 2. The van der Waals surface area contributed by atoms with Crippen molar-refractivity contribution in [2.75, 3.05) is 0 Å². The van der Waals surface area contributed by atoms with Crippen molar-refractivity contribution in [1.29, 1.82) is 0 Å². The Bertz CT molecular complexity index is 880. The minimum atomic E-state index is -8.70. The standard InChI is InChI=1S/C14H6F22O2/c1-3(6(16,17)8(20,21)4(2,15)38-14(34,35)36)7(18,19)9(22,23)5(37-3,10(24,25)12(28,29)30)11(26,27)13(31,32)33/h1-2H3. The van der Waals surface area contributed by atoms with Crippen molar-refractivity contribution in [3.8, 4) is 0 Å². The van der Waals surface area contributed by atoms with Crippen LogP contribution in [-0.4, -0.2) is 71.3 Å². The molecule has 2 nitrogen and oxygen atoms in total. The lowest BCUT2D eigenvalue weighted by Gasteiger charge is -2.46. The number of hydrogen-bond acceptors (Lipinski definition) is 2. The lowest BCUT2D eigenvalue weighted by atomic mass is 9.76. The van der Waals surface area contributed by atoms with Gasteiger partial charge in [-0.05, 0) is 6.92 Å². The molecule has 0 aromatic rings. The maximum absolute atomic E-state index is 14.5. The van der Waals surface area contributed by atoms with E-state index in [4.69, 9.17) is 0 Å². The first-order chi connectivity index (χ1) is 15.9. The van der Waals surface area contributed by atoms with Crippen molar-refractivity contribution in [3.05, 3.63) is 0 Å². The summed E-state index contributed by atoms with van der Waals surface area (Å²) >= 11 is 0. The van der Waals surface area contributed by atoms with Gasteiger partial charge < -0.3 is 4.74 Å². The minimum absolute atomic E-state index is 1.43. The molecule has 1 rings (SSSR count). The minimum Gasteiger partial charge on any atom is -0.337 e. The normalized spacial score (nSPS) is 26.8. The van der Waals surface area contributed by atoms with E-state index in [-0.39, 0.29) is 0 Å². The summed E-state index contributed by atoms with van der Waals surface area (Å²) in [5.41, 5.74) is -15.8. The van der Waals surface area contributed by atoms with Gasteiger partial charge in [-0.1, -0.05) is 0 Å². The third-order valence-corrected chi connectivity index (χ3v) is 5.25. The molecule has 1 heterocycles. The molecule has 38 heavy (non-hydrogen) atoms. The van der Waals surface area contributed by atoms with E-state index in [0.717, 1.165) is 0 Å². The van der Waals surface area contributed by atoms with Gasteiger partial charge in [0.05, 0.1) is 0 Å². The number of hydrogen-bond donors (Lipinski definition) is 0. The summed E-state index contributed by atoms with van der Waals surface area (Å²) in [5, 5.41) is 0. The van der Waals surface area contributed by atoms with Gasteiger partial charge in [0.25, 0.3) is 11.5 Å². The zero-order valence-corrected chi connectivity index (χ0v) is 17.1. The average Bonchev–Trinajstić information content (AvgIpc) is 2.73. The molecule has 1 aliphatic heterocycles. The van der Waals surface area contributed by atoms with E-state index in [1.54, 1.807) is 0 Å². The fourth-order valence-corrected chi connectivity index (χ4v) is 3.20. The highest BCUT2D eigenvalue weighted by Crippen LogP contribution is 2.74. The molecule has 0 spiro atoms. The Labute approximate surface area is 192 Å². The van der Waals surface area contributed by atoms with Crippen molar-refractivity contribution in [2.24, 2.45) is 0 Å². The second kappa shape index (κ2) is 7.98. The SMILES string of the molecule is CC(F)(OC(F)(F)F)C(F)(F)C(F)(F)C1(C)OC(C(F)(F)C(F)(F)F)(C(F)(F)C(F)(F)F)C(F)(F)C1(F)F. The van der Waals surface area contributed by atoms with E-state index in [1.807, 2.05) is 4.74 Å². The first-order valence-corrected chi connectivity index (χ1v) is 8.47. The molecule has 228 valence electrons. The van der Waals surface area contributed by atoms with Gasteiger partial charge in [0.1, 0.15) is 0 Å². The molecule has 1 saturated heterocycles. The van der Waals surface area contributed by atoms with E-state index < -0.39 is 85.2 Å². The smallest absolute Gasteiger partial charge is 0.337 e. The lowest BCUT2D eigenvalue weighted by Crippen LogP contribution is -2.77. The van der Waals surface area contributed by atoms with Crippen molar-refractivity contribution in [3.63, 3.8) is 0 Å². The molecule has 24 heteroatoms. The molecule has 0 bridgehead atoms. The van der Waals surface area contributed by atoms with Crippen LogP contribution in [0.1, 0.15) is 13.8 Å². The van der Waals surface area contributed by atoms with Crippen molar-refractivity contribution < 1.29 is 106 Å². The van der Waals surface area contributed by atoms with Gasteiger partial charge in [0.2, 0.25) is 5.60 Å². The molecular weight excluding hydrogens is 618 g/mol. The lowest BCUT2D eigenvalue weighted by molar-refractivity contribution is -0.477. The van der Waals surface area contributed by atoms with Gasteiger partial charge in [0.15, 0.2) is 0 Å². The Morgan fingerprint density at radius 3 is 1.11 bits per heavy atom. The first kappa shape index (κ1) is 34.4. The molecular formula is C14H6F22O2. The molecule has 0 amide bonds. The van der Waals surface area contributed by atoms with Gasteiger partial charge >= 0.3 is 54.3 Å². The van der Waals surface area contributed by atoms with E-state index in [9.17, 15) is 96.6 Å². The van der Waals surface area contributed by atoms with Gasteiger partial charge in [0, 0.05) is 6.92 Å². The molecule has 0 aromatic heterocycles. The number of alkyl halides is 22. The van der Waals surface area contributed by atoms with Crippen LogP contribution in [-0.2, 0) is 9.47 Å². The molecule has 0 radical (unpaired) electrons. The molecule has 2 unspecified atom stereocenters. The van der Waals surface area contributed by atoms with E-state index >= 15 is 0 Å². The van der Waals surface area contributed by atoms with Gasteiger partial charge in [-0.25, -0.2) is 9.13 Å². The van der Waals surface area contributed by atoms with Gasteiger partial charge in [-0.2, -0.15) is 79.0 Å². The summed E-state index contributed by atoms with van der Waals surface area (Å²) in [6.07, 6.45) is -23.3. The van der Waals surface area contributed by atoms with Crippen LogP contribution in [0.2, 0.25) is 0 Å². The highest BCUT2D eigenvalue weighted by molar-refractivity contribution is 5.32. The van der Waals surface area contributed by atoms with Crippen LogP contribution in [0.15, 0.2) is 0 Å². The third kappa shape index (κ3) is 3.80. The molecule has 2 atom stereocenters. The van der Waals surface area contributed by atoms with Crippen LogP contribution in [0, 0.1) is 0 Å². The number of rotatable bonds is 6. The summed E-state index contributed by atoms with van der Waals surface area (Å²) in [4.78, 5) is 0. The summed E-state index contributed by atoms with van der Waals surface area (Å²) < 4.78 is 301. The van der Waals surface area contributed by atoms with Crippen LogP contribution in [0.4, 0.5) is 96.6 Å². The zero-order chi connectivity index (χ0) is 31.4. The van der Waals surface area contributed by atoms with Gasteiger partial charge in [-0.3, -0.25) is 0 Å². The van der Waals surface area contributed by atoms with Crippen molar-refractivity contribution in [2.45, 2.75) is 85.2 Å².